The number of aryl methyl sites for hydroxylation is 1. The molecule has 0 unspecified atom stereocenters. The number of para-hydroxylation sites is 1. The van der Waals surface area contributed by atoms with Gasteiger partial charge in [-0.2, -0.15) is 9.78 Å². The first-order valence-corrected chi connectivity index (χ1v) is 9.34. The fraction of sp³-hybridized carbons (Fsp3) is 0.0526. The number of anilines is 1. The van der Waals surface area contributed by atoms with Gasteiger partial charge in [0.2, 0.25) is 10.9 Å². The molecule has 1 N–H and O–H groups in total. The summed E-state index contributed by atoms with van der Waals surface area (Å²) in [6, 6.07) is 11.3. The van der Waals surface area contributed by atoms with E-state index in [-0.39, 0.29) is 11.2 Å². The summed E-state index contributed by atoms with van der Waals surface area (Å²) in [6.45, 7) is 1.78. The van der Waals surface area contributed by atoms with Gasteiger partial charge in [0.1, 0.15) is 17.2 Å². The van der Waals surface area contributed by atoms with Crippen LogP contribution in [0.15, 0.2) is 57.7 Å². The predicted molar refractivity (Wildman–Crippen MR) is 104 cm³/mol. The SMILES string of the molecule is Cc1cc(NC(=O)c2cc(-c3ccco3)on2)n(-c2nc3c(F)cccc3s2)n1. The Morgan fingerprint density at radius 1 is 1.21 bits per heavy atom. The molecule has 0 spiro atoms. The van der Waals surface area contributed by atoms with Crippen LogP contribution in [0.5, 0.6) is 0 Å². The fourth-order valence-corrected chi connectivity index (χ4v) is 3.77. The third kappa shape index (κ3) is 3.09. The van der Waals surface area contributed by atoms with Crippen LogP contribution in [0.25, 0.3) is 26.9 Å². The van der Waals surface area contributed by atoms with E-state index in [4.69, 9.17) is 8.94 Å². The molecular weight excluding hydrogens is 397 g/mol. The minimum Gasteiger partial charge on any atom is -0.461 e. The van der Waals surface area contributed by atoms with Crippen molar-refractivity contribution in [1.82, 2.24) is 19.9 Å². The molecule has 0 bridgehead atoms. The number of furan rings is 1. The third-order valence-corrected chi connectivity index (χ3v) is 5.12. The second-order valence-corrected chi connectivity index (χ2v) is 7.18. The summed E-state index contributed by atoms with van der Waals surface area (Å²) >= 11 is 1.27. The number of hydrogen-bond acceptors (Lipinski definition) is 7. The number of nitrogens with zero attached hydrogens (tertiary/aromatic N) is 4. The first-order chi connectivity index (χ1) is 14.1. The summed E-state index contributed by atoms with van der Waals surface area (Å²) in [4.78, 5) is 17.0. The number of benzene rings is 1. The molecule has 29 heavy (non-hydrogen) atoms. The van der Waals surface area contributed by atoms with Crippen molar-refractivity contribution in [2.45, 2.75) is 6.92 Å². The maximum absolute atomic E-state index is 14.0. The van der Waals surface area contributed by atoms with Crippen molar-refractivity contribution in [3.8, 4) is 16.7 Å². The minimum atomic E-state index is -0.486. The summed E-state index contributed by atoms with van der Waals surface area (Å²) < 4.78 is 26.5. The molecule has 0 atom stereocenters. The topological polar surface area (TPSA) is 99.0 Å². The number of thiazole rings is 1. The predicted octanol–water partition coefficient (Wildman–Crippen LogP) is 4.43. The monoisotopic (exact) mass is 409 g/mol. The van der Waals surface area contributed by atoms with Crippen molar-refractivity contribution in [1.29, 1.82) is 0 Å². The fourth-order valence-electron chi connectivity index (χ4n) is 2.83. The smallest absolute Gasteiger partial charge is 0.279 e. The highest BCUT2D eigenvalue weighted by molar-refractivity contribution is 7.20. The highest BCUT2D eigenvalue weighted by Gasteiger charge is 2.19. The molecule has 10 heteroatoms. The first kappa shape index (κ1) is 17.3. The largest absolute Gasteiger partial charge is 0.461 e. The Hall–Kier alpha value is -3.79. The van der Waals surface area contributed by atoms with E-state index in [1.165, 1.54) is 34.4 Å². The number of carbonyl (C=O) groups is 1. The standard InChI is InChI=1S/C19H12FN5O3S/c1-10-8-16(21-18(26)12-9-14(28-24-12)13-5-3-7-27-13)25(23-10)19-22-17-11(20)4-2-6-15(17)29-19/h2-9H,1H3,(H,21,26). The first-order valence-electron chi connectivity index (χ1n) is 8.52. The molecule has 0 aliphatic rings. The number of rotatable bonds is 4. The Balaban J connectivity index is 1.46. The molecule has 5 aromatic rings. The second kappa shape index (κ2) is 6.67. The van der Waals surface area contributed by atoms with Gasteiger partial charge in [0.15, 0.2) is 11.5 Å². The molecule has 0 fully saturated rings. The lowest BCUT2D eigenvalue weighted by Crippen LogP contribution is -2.15. The average Bonchev–Trinajstić information content (AvgIpc) is 3.48. The number of carbonyl (C=O) groups excluding carboxylic acids is 1. The van der Waals surface area contributed by atoms with E-state index < -0.39 is 11.7 Å². The molecule has 0 saturated carbocycles. The lowest BCUT2D eigenvalue weighted by molar-refractivity contribution is 0.101. The zero-order valence-corrected chi connectivity index (χ0v) is 15.7. The van der Waals surface area contributed by atoms with Crippen LogP contribution < -0.4 is 5.32 Å². The van der Waals surface area contributed by atoms with E-state index in [2.05, 4.69) is 20.6 Å². The molecule has 1 amide bonds. The van der Waals surface area contributed by atoms with Crippen molar-refractivity contribution in [3.63, 3.8) is 0 Å². The van der Waals surface area contributed by atoms with Crippen LogP contribution in [0.3, 0.4) is 0 Å². The third-order valence-electron chi connectivity index (χ3n) is 4.12. The Kier molecular flexibility index (Phi) is 3.98. The molecule has 8 nitrogen and oxygen atoms in total. The van der Waals surface area contributed by atoms with Gasteiger partial charge < -0.3 is 14.3 Å². The molecular formula is C19H12FN5O3S. The van der Waals surface area contributed by atoms with Crippen LogP contribution >= 0.6 is 11.3 Å². The Morgan fingerprint density at radius 3 is 2.90 bits per heavy atom. The zero-order chi connectivity index (χ0) is 20.0. The van der Waals surface area contributed by atoms with E-state index >= 15 is 0 Å². The van der Waals surface area contributed by atoms with E-state index in [0.29, 0.717) is 32.9 Å². The van der Waals surface area contributed by atoms with Gasteiger partial charge in [0.05, 0.1) is 16.7 Å². The van der Waals surface area contributed by atoms with Crippen molar-refractivity contribution < 1.29 is 18.1 Å². The van der Waals surface area contributed by atoms with Crippen LogP contribution in [0.1, 0.15) is 16.2 Å². The average molecular weight is 409 g/mol. The molecule has 1 aromatic carbocycles. The van der Waals surface area contributed by atoms with Crippen LogP contribution in [-0.4, -0.2) is 25.8 Å². The van der Waals surface area contributed by atoms with Gasteiger partial charge in [-0.05, 0) is 31.2 Å². The normalized spacial score (nSPS) is 11.2. The molecule has 0 aliphatic carbocycles. The van der Waals surface area contributed by atoms with Crippen LogP contribution in [0, 0.1) is 12.7 Å². The van der Waals surface area contributed by atoms with Crippen LogP contribution in [0.2, 0.25) is 0 Å². The van der Waals surface area contributed by atoms with Crippen LogP contribution in [0.4, 0.5) is 10.2 Å². The molecule has 4 heterocycles. The summed E-state index contributed by atoms with van der Waals surface area (Å²) in [7, 11) is 0. The highest BCUT2D eigenvalue weighted by atomic mass is 32.1. The zero-order valence-electron chi connectivity index (χ0n) is 14.9. The molecule has 0 saturated heterocycles. The maximum Gasteiger partial charge on any atom is 0.279 e. The van der Waals surface area contributed by atoms with Crippen molar-refractivity contribution in [2.75, 3.05) is 5.32 Å². The lowest BCUT2D eigenvalue weighted by atomic mass is 10.3. The molecule has 144 valence electrons. The second-order valence-electron chi connectivity index (χ2n) is 6.17. The number of halogens is 1. The van der Waals surface area contributed by atoms with Gasteiger partial charge in [-0.15, -0.1) is 0 Å². The van der Waals surface area contributed by atoms with Crippen molar-refractivity contribution in [3.05, 3.63) is 65.9 Å². The number of fused-ring (bicyclic) bond motifs is 1. The Morgan fingerprint density at radius 2 is 2.10 bits per heavy atom. The molecule has 0 radical (unpaired) electrons. The van der Waals surface area contributed by atoms with E-state index in [1.807, 2.05) is 0 Å². The highest BCUT2D eigenvalue weighted by Crippen LogP contribution is 2.29. The number of aromatic nitrogens is 4. The van der Waals surface area contributed by atoms with E-state index in [1.54, 1.807) is 37.3 Å². The quantitative estimate of drug-likeness (QED) is 0.471. The van der Waals surface area contributed by atoms with E-state index in [9.17, 15) is 9.18 Å². The molecule has 4 aromatic heterocycles. The van der Waals surface area contributed by atoms with Gasteiger partial charge in [0, 0.05) is 12.1 Å². The lowest BCUT2D eigenvalue weighted by Gasteiger charge is -2.04. The summed E-state index contributed by atoms with van der Waals surface area (Å²) in [5.74, 6) is 0.294. The summed E-state index contributed by atoms with van der Waals surface area (Å²) in [6.07, 6.45) is 1.50. The van der Waals surface area contributed by atoms with Gasteiger partial charge in [0.25, 0.3) is 5.91 Å². The van der Waals surface area contributed by atoms with Crippen molar-refractivity contribution >= 4 is 33.3 Å². The van der Waals surface area contributed by atoms with Gasteiger partial charge in [-0.3, -0.25) is 4.79 Å². The summed E-state index contributed by atoms with van der Waals surface area (Å²) in [5, 5.41) is 11.3. The van der Waals surface area contributed by atoms with Gasteiger partial charge in [-0.1, -0.05) is 22.6 Å². The van der Waals surface area contributed by atoms with Crippen molar-refractivity contribution in [2.24, 2.45) is 0 Å². The Bertz CT molecular complexity index is 1340. The molecule has 5 rings (SSSR count). The maximum atomic E-state index is 14.0. The summed E-state index contributed by atoms with van der Waals surface area (Å²) in [5.41, 5.74) is 1.01. The Labute approximate surface area is 166 Å². The number of nitrogens with one attached hydrogen (secondary N) is 1. The minimum absolute atomic E-state index is 0.0807. The molecule has 0 aliphatic heterocycles. The number of hydrogen-bond donors (Lipinski definition) is 1. The van der Waals surface area contributed by atoms with Crippen LogP contribution in [-0.2, 0) is 0 Å². The van der Waals surface area contributed by atoms with Gasteiger partial charge in [-0.25, -0.2) is 9.37 Å². The van der Waals surface area contributed by atoms with E-state index in [0.717, 1.165) is 0 Å². The number of amides is 1. The van der Waals surface area contributed by atoms with Gasteiger partial charge >= 0.3 is 0 Å².